The number of rotatable bonds is 4. The number of hydrogen-bond acceptors (Lipinski definition) is 2. The molecule has 0 atom stereocenters. The third-order valence-electron chi connectivity index (χ3n) is 3.14. The summed E-state index contributed by atoms with van der Waals surface area (Å²) in [4.78, 5) is 3.11. The maximum Gasteiger partial charge on any atom is 0.115 e. The van der Waals surface area contributed by atoms with Crippen molar-refractivity contribution in [3.05, 3.63) is 29.8 Å². The standard InChI is InChI=1S/C13H18BrNO/c1-15(9-11-6-12(14)7-11)8-10-2-4-13(16)5-3-10/h2-5,11-12,16H,6-9H2,1H3. The molecule has 1 N–H and O–H groups in total. The summed E-state index contributed by atoms with van der Waals surface area (Å²) in [6, 6.07) is 7.47. The van der Waals surface area contributed by atoms with Crippen LogP contribution in [0.3, 0.4) is 0 Å². The molecule has 1 aromatic rings. The van der Waals surface area contributed by atoms with Crippen LogP contribution in [0, 0.1) is 5.92 Å². The number of nitrogens with zero attached hydrogens (tertiary/aromatic N) is 1. The summed E-state index contributed by atoms with van der Waals surface area (Å²) < 4.78 is 0. The molecule has 0 saturated heterocycles. The number of hydrogen-bond donors (Lipinski definition) is 1. The SMILES string of the molecule is CN(Cc1ccc(O)cc1)CC1CC(Br)C1. The van der Waals surface area contributed by atoms with Gasteiger partial charge in [-0.15, -0.1) is 0 Å². The predicted octanol–water partition coefficient (Wildman–Crippen LogP) is 3.00. The first kappa shape index (κ1) is 11.9. The minimum absolute atomic E-state index is 0.340. The van der Waals surface area contributed by atoms with Crippen LogP contribution in [0.4, 0.5) is 0 Å². The van der Waals surface area contributed by atoms with Crippen molar-refractivity contribution in [2.75, 3.05) is 13.6 Å². The highest BCUT2D eigenvalue weighted by Crippen LogP contribution is 2.33. The van der Waals surface area contributed by atoms with Crippen molar-refractivity contribution in [3.8, 4) is 5.75 Å². The minimum Gasteiger partial charge on any atom is -0.508 e. The summed E-state index contributed by atoms with van der Waals surface area (Å²) >= 11 is 3.62. The molecule has 0 spiro atoms. The lowest BCUT2D eigenvalue weighted by Crippen LogP contribution is -2.34. The van der Waals surface area contributed by atoms with Crippen molar-refractivity contribution in [2.24, 2.45) is 5.92 Å². The fourth-order valence-electron chi connectivity index (χ4n) is 2.22. The van der Waals surface area contributed by atoms with Gasteiger partial charge in [-0.25, -0.2) is 0 Å². The number of phenolic OH excluding ortho intramolecular Hbond substituents is 1. The predicted molar refractivity (Wildman–Crippen MR) is 69.9 cm³/mol. The Labute approximate surface area is 105 Å². The zero-order valence-electron chi connectivity index (χ0n) is 9.56. The summed E-state index contributed by atoms with van der Waals surface area (Å²) in [7, 11) is 2.16. The number of alkyl halides is 1. The molecule has 0 amide bonds. The van der Waals surface area contributed by atoms with Gasteiger partial charge < -0.3 is 10.0 Å². The van der Waals surface area contributed by atoms with Crippen molar-refractivity contribution in [1.29, 1.82) is 0 Å². The van der Waals surface area contributed by atoms with Crippen LogP contribution in [0.25, 0.3) is 0 Å². The third kappa shape index (κ3) is 3.22. The Morgan fingerprint density at radius 2 is 1.94 bits per heavy atom. The summed E-state index contributed by atoms with van der Waals surface area (Å²) in [5.74, 6) is 1.19. The Kier molecular flexibility index (Phi) is 3.87. The molecule has 3 heteroatoms. The first-order valence-corrected chi connectivity index (χ1v) is 6.65. The van der Waals surface area contributed by atoms with Gasteiger partial charge in [-0.05, 0) is 43.5 Å². The van der Waals surface area contributed by atoms with Crippen molar-refractivity contribution < 1.29 is 5.11 Å². The Morgan fingerprint density at radius 3 is 2.50 bits per heavy atom. The van der Waals surface area contributed by atoms with Gasteiger partial charge in [0.2, 0.25) is 0 Å². The third-order valence-corrected chi connectivity index (χ3v) is 3.88. The molecule has 2 rings (SSSR count). The van der Waals surface area contributed by atoms with Crippen LogP contribution in [0.2, 0.25) is 0 Å². The molecule has 0 radical (unpaired) electrons. The van der Waals surface area contributed by atoms with Crippen LogP contribution < -0.4 is 0 Å². The van der Waals surface area contributed by atoms with Gasteiger partial charge in [0.05, 0.1) is 0 Å². The van der Waals surface area contributed by atoms with E-state index in [1.54, 1.807) is 12.1 Å². The van der Waals surface area contributed by atoms with Crippen molar-refractivity contribution >= 4 is 15.9 Å². The molecule has 16 heavy (non-hydrogen) atoms. The molecule has 0 bridgehead atoms. The van der Waals surface area contributed by atoms with Crippen molar-refractivity contribution in [1.82, 2.24) is 4.90 Å². The number of aromatic hydroxyl groups is 1. The summed E-state index contributed by atoms with van der Waals surface area (Å²) in [6.45, 7) is 2.13. The number of halogens is 1. The quantitative estimate of drug-likeness (QED) is 0.859. The van der Waals surface area contributed by atoms with Crippen LogP contribution in [0.5, 0.6) is 5.75 Å². The van der Waals surface area contributed by atoms with E-state index in [4.69, 9.17) is 0 Å². The smallest absolute Gasteiger partial charge is 0.115 e. The van der Waals surface area contributed by atoms with Gasteiger partial charge in [0.25, 0.3) is 0 Å². The molecule has 1 aromatic carbocycles. The molecular formula is C13H18BrNO. The van der Waals surface area contributed by atoms with Crippen LogP contribution in [0.1, 0.15) is 18.4 Å². The normalized spacial score (nSPS) is 24.4. The topological polar surface area (TPSA) is 23.5 Å². The van der Waals surface area contributed by atoms with E-state index in [0.29, 0.717) is 5.75 Å². The molecule has 0 aromatic heterocycles. The van der Waals surface area contributed by atoms with Crippen LogP contribution in [-0.4, -0.2) is 28.4 Å². The maximum absolute atomic E-state index is 9.19. The molecule has 88 valence electrons. The molecule has 1 aliphatic carbocycles. The molecule has 0 aliphatic heterocycles. The zero-order valence-corrected chi connectivity index (χ0v) is 11.2. The summed E-state index contributed by atoms with van der Waals surface area (Å²) in [6.07, 6.45) is 2.61. The summed E-state index contributed by atoms with van der Waals surface area (Å²) in [5.41, 5.74) is 1.26. The van der Waals surface area contributed by atoms with Crippen molar-refractivity contribution in [3.63, 3.8) is 0 Å². The van der Waals surface area contributed by atoms with Crippen molar-refractivity contribution in [2.45, 2.75) is 24.2 Å². The van der Waals surface area contributed by atoms with Gasteiger partial charge in [-0.3, -0.25) is 0 Å². The van der Waals surface area contributed by atoms with Gasteiger partial charge >= 0.3 is 0 Å². The lowest BCUT2D eigenvalue weighted by molar-refractivity contribution is 0.208. The lowest BCUT2D eigenvalue weighted by atomic mass is 9.85. The van der Waals surface area contributed by atoms with E-state index >= 15 is 0 Å². The first-order valence-electron chi connectivity index (χ1n) is 5.74. The second-order valence-electron chi connectivity index (χ2n) is 4.80. The van der Waals surface area contributed by atoms with E-state index in [2.05, 4.69) is 27.9 Å². The molecule has 1 aliphatic rings. The van der Waals surface area contributed by atoms with E-state index < -0.39 is 0 Å². The average Bonchev–Trinajstić information content (AvgIpc) is 2.19. The fourth-order valence-corrected chi connectivity index (χ4v) is 3.28. The lowest BCUT2D eigenvalue weighted by Gasteiger charge is -2.34. The Bertz CT molecular complexity index is 332. The highest BCUT2D eigenvalue weighted by molar-refractivity contribution is 9.09. The minimum atomic E-state index is 0.340. The fraction of sp³-hybridized carbons (Fsp3) is 0.538. The number of phenols is 1. The highest BCUT2D eigenvalue weighted by atomic mass is 79.9. The molecular weight excluding hydrogens is 266 g/mol. The largest absolute Gasteiger partial charge is 0.508 e. The zero-order chi connectivity index (χ0) is 11.5. The molecule has 0 heterocycles. The maximum atomic E-state index is 9.19. The second kappa shape index (κ2) is 5.19. The number of benzene rings is 1. The Morgan fingerprint density at radius 1 is 1.31 bits per heavy atom. The molecule has 2 nitrogen and oxygen atoms in total. The average molecular weight is 284 g/mol. The van der Waals surface area contributed by atoms with Crippen LogP contribution in [-0.2, 0) is 6.54 Å². The van der Waals surface area contributed by atoms with E-state index in [0.717, 1.165) is 17.3 Å². The summed E-state index contributed by atoms with van der Waals surface area (Å²) in [5, 5.41) is 9.19. The van der Waals surface area contributed by atoms with Crippen LogP contribution >= 0.6 is 15.9 Å². The Balaban J connectivity index is 1.78. The van der Waals surface area contributed by atoms with Gasteiger partial charge in [0.1, 0.15) is 5.75 Å². The van der Waals surface area contributed by atoms with E-state index in [9.17, 15) is 5.11 Å². The van der Waals surface area contributed by atoms with E-state index in [1.807, 2.05) is 12.1 Å². The van der Waals surface area contributed by atoms with Gasteiger partial charge in [-0.1, -0.05) is 28.1 Å². The van der Waals surface area contributed by atoms with Gasteiger partial charge in [0, 0.05) is 17.9 Å². The highest BCUT2D eigenvalue weighted by Gasteiger charge is 2.27. The van der Waals surface area contributed by atoms with E-state index in [-0.39, 0.29) is 0 Å². The molecule has 0 unspecified atom stereocenters. The van der Waals surface area contributed by atoms with Crippen LogP contribution in [0.15, 0.2) is 24.3 Å². The van der Waals surface area contributed by atoms with Gasteiger partial charge in [0.15, 0.2) is 0 Å². The molecule has 1 saturated carbocycles. The monoisotopic (exact) mass is 283 g/mol. The van der Waals surface area contributed by atoms with Gasteiger partial charge in [-0.2, -0.15) is 0 Å². The Hall–Kier alpha value is -0.540. The molecule has 1 fully saturated rings. The first-order chi connectivity index (χ1) is 7.63. The van der Waals surface area contributed by atoms with E-state index in [1.165, 1.54) is 24.9 Å². The second-order valence-corrected chi connectivity index (χ2v) is 6.09.